The van der Waals surface area contributed by atoms with Gasteiger partial charge in [-0.15, -0.1) is 11.3 Å². The first-order valence-electron chi connectivity index (χ1n) is 12.3. The molecule has 0 spiro atoms. The number of alkyl halides is 3. The van der Waals surface area contributed by atoms with E-state index in [0.717, 1.165) is 66.6 Å². The van der Waals surface area contributed by atoms with Gasteiger partial charge in [0.25, 0.3) is 0 Å². The summed E-state index contributed by atoms with van der Waals surface area (Å²) in [5.41, 5.74) is 2.67. The van der Waals surface area contributed by atoms with Crippen LogP contribution in [0.5, 0.6) is 0 Å². The molecule has 1 aliphatic carbocycles. The minimum atomic E-state index is -4.30. The summed E-state index contributed by atoms with van der Waals surface area (Å²) < 4.78 is 38.7. The molecule has 4 aromatic rings. The monoisotopic (exact) mass is 509 g/mol. The van der Waals surface area contributed by atoms with Crippen molar-refractivity contribution in [2.45, 2.75) is 38.4 Å². The molecule has 0 radical (unpaired) electrons. The quantitative estimate of drug-likeness (QED) is 0.339. The predicted octanol–water partition coefficient (Wildman–Crippen LogP) is 5.97. The van der Waals surface area contributed by atoms with Gasteiger partial charge in [-0.1, -0.05) is 12.1 Å². The van der Waals surface area contributed by atoms with Gasteiger partial charge in [0.05, 0.1) is 10.9 Å². The summed E-state index contributed by atoms with van der Waals surface area (Å²) in [6, 6.07) is 9.40. The van der Waals surface area contributed by atoms with Crippen molar-refractivity contribution in [3.05, 3.63) is 70.4 Å². The van der Waals surface area contributed by atoms with Crippen LogP contribution in [0.4, 0.5) is 19.0 Å². The molecule has 4 heterocycles. The first-order chi connectivity index (χ1) is 17.5. The third-order valence-electron chi connectivity index (χ3n) is 7.09. The Balaban J connectivity index is 1.25. The van der Waals surface area contributed by atoms with Crippen molar-refractivity contribution in [1.82, 2.24) is 19.9 Å². The van der Waals surface area contributed by atoms with Gasteiger partial charge in [0.2, 0.25) is 0 Å². The van der Waals surface area contributed by atoms with Crippen molar-refractivity contribution >= 4 is 27.4 Å². The largest absolute Gasteiger partial charge is 0.416 e. The molecule has 1 fully saturated rings. The number of hydrogen-bond donors (Lipinski definition) is 0. The summed E-state index contributed by atoms with van der Waals surface area (Å²) in [7, 11) is 0. The molecular formula is C27H26F3N5S. The molecule has 0 unspecified atom stereocenters. The Morgan fingerprint density at radius 3 is 2.31 bits per heavy atom. The zero-order valence-electron chi connectivity index (χ0n) is 19.8. The van der Waals surface area contributed by atoms with Crippen molar-refractivity contribution in [2.24, 2.45) is 0 Å². The van der Waals surface area contributed by atoms with Crippen LogP contribution >= 0.6 is 11.3 Å². The van der Waals surface area contributed by atoms with Gasteiger partial charge in [0.15, 0.2) is 5.82 Å². The normalized spacial score (nSPS) is 16.9. The minimum absolute atomic E-state index is 0.604. The molecule has 3 aromatic heterocycles. The van der Waals surface area contributed by atoms with Crippen molar-refractivity contribution in [2.75, 3.05) is 31.1 Å². The Bertz CT molecular complexity index is 1360. The number of anilines is 1. The van der Waals surface area contributed by atoms with E-state index >= 15 is 0 Å². The number of aryl methyl sites for hydroxylation is 2. The van der Waals surface area contributed by atoms with Gasteiger partial charge >= 0.3 is 6.18 Å². The lowest BCUT2D eigenvalue weighted by Gasteiger charge is -2.36. The molecule has 1 aromatic carbocycles. The van der Waals surface area contributed by atoms with Crippen LogP contribution < -0.4 is 4.90 Å². The fraction of sp³-hybridized carbons (Fsp3) is 0.370. The van der Waals surface area contributed by atoms with Crippen LogP contribution in [0.1, 0.15) is 34.4 Å². The summed E-state index contributed by atoms with van der Waals surface area (Å²) in [5.74, 6) is 1.74. The molecule has 0 bridgehead atoms. The van der Waals surface area contributed by atoms with Gasteiger partial charge in [0, 0.05) is 55.6 Å². The Hall–Kier alpha value is -3.04. The Labute approximate surface area is 211 Å². The van der Waals surface area contributed by atoms with Crippen LogP contribution in [0.25, 0.3) is 21.6 Å². The molecule has 2 aliphatic rings. The number of aromatic nitrogens is 3. The highest BCUT2D eigenvalue weighted by molar-refractivity contribution is 7.19. The standard InChI is InChI=1S/C27H26F3N5S/c28-27(29,30)20-7-5-18(6-8-20)17-34-13-15-35(16-14-34)25-23-21-3-1-2-4-22(21)36-26(23)33-24(32-25)19-9-11-31-12-10-19/h5-12H,1-4,13-17H2. The molecule has 0 amide bonds. The number of thiophene rings is 1. The highest BCUT2D eigenvalue weighted by Gasteiger charge is 2.30. The summed E-state index contributed by atoms with van der Waals surface area (Å²) in [6.45, 7) is 3.91. The van der Waals surface area contributed by atoms with Crippen molar-refractivity contribution in [3.8, 4) is 11.4 Å². The number of fused-ring (bicyclic) bond motifs is 3. The average molecular weight is 510 g/mol. The minimum Gasteiger partial charge on any atom is -0.353 e. The lowest BCUT2D eigenvalue weighted by molar-refractivity contribution is -0.137. The lowest BCUT2D eigenvalue weighted by Crippen LogP contribution is -2.46. The van der Waals surface area contributed by atoms with Crippen LogP contribution in [0.3, 0.4) is 0 Å². The van der Waals surface area contributed by atoms with Crippen LogP contribution in [0, 0.1) is 0 Å². The maximum Gasteiger partial charge on any atom is 0.416 e. The zero-order chi connectivity index (χ0) is 24.7. The molecular weight excluding hydrogens is 483 g/mol. The van der Waals surface area contributed by atoms with E-state index in [0.29, 0.717) is 6.54 Å². The molecule has 9 heteroatoms. The number of pyridine rings is 1. The number of hydrogen-bond acceptors (Lipinski definition) is 6. The maximum absolute atomic E-state index is 12.9. The Kier molecular flexibility index (Phi) is 6.13. The average Bonchev–Trinajstić information content (AvgIpc) is 3.28. The van der Waals surface area contributed by atoms with E-state index in [9.17, 15) is 13.2 Å². The van der Waals surface area contributed by atoms with Crippen molar-refractivity contribution in [1.29, 1.82) is 0 Å². The fourth-order valence-corrected chi connectivity index (χ4v) is 6.43. The summed E-state index contributed by atoms with van der Waals surface area (Å²) in [6.07, 6.45) is 3.84. The molecule has 186 valence electrons. The van der Waals surface area contributed by atoms with Gasteiger partial charge in [-0.2, -0.15) is 13.2 Å². The van der Waals surface area contributed by atoms with E-state index in [4.69, 9.17) is 9.97 Å². The number of halogens is 3. The Morgan fingerprint density at radius 1 is 0.861 bits per heavy atom. The Morgan fingerprint density at radius 2 is 1.58 bits per heavy atom. The van der Waals surface area contributed by atoms with E-state index in [1.165, 1.54) is 40.8 Å². The third-order valence-corrected chi connectivity index (χ3v) is 8.28. The van der Waals surface area contributed by atoms with Crippen LogP contribution in [0.2, 0.25) is 0 Å². The van der Waals surface area contributed by atoms with Gasteiger partial charge in [-0.05, 0) is 61.1 Å². The second-order valence-corrected chi connectivity index (χ2v) is 10.5. The van der Waals surface area contributed by atoms with E-state index < -0.39 is 11.7 Å². The molecule has 6 rings (SSSR count). The number of benzene rings is 1. The molecule has 1 saturated heterocycles. The second-order valence-electron chi connectivity index (χ2n) is 9.46. The fourth-order valence-electron chi connectivity index (χ4n) is 5.17. The van der Waals surface area contributed by atoms with Gasteiger partial charge in [0.1, 0.15) is 10.6 Å². The molecule has 0 atom stereocenters. The molecule has 5 nitrogen and oxygen atoms in total. The van der Waals surface area contributed by atoms with E-state index in [1.807, 2.05) is 23.5 Å². The van der Waals surface area contributed by atoms with E-state index in [2.05, 4.69) is 14.8 Å². The van der Waals surface area contributed by atoms with Crippen LogP contribution in [-0.4, -0.2) is 46.0 Å². The maximum atomic E-state index is 12.9. The highest BCUT2D eigenvalue weighted by Crippen LogP contribution is 2.41. The van der Waals surface area contributed by atoms with Crippen LogP contribution in [0.15, 0.2) is 48.8 Å². The van der Waals surface area contributed by atoms with Crippen molar-refractivity contribution < 1.29 is 13.2 Å². The van der Waals surface area contributed by atoms with E-state index in [-0.39, 0.29) is 0 Å². The molecule has 0 N–H and O–H groups in total. The molecule has 36 heavy (non-hydrogen) atoms. The third kappa shape index (κ3) is 4.57. The van der Waals surface area contributed by atoms with Gasteiger partial charge < -0.3 is 4.90 Å². The van der Waals surface area contributed by atoms with Gasteiger partial charge in [-0.25, -0.2) is 9.97 Å². The number of rotatable bonds is 4. The number of nitrogens with zero attached hydrogens (tertiary/aromatic N) is 5. The summed E-state index contributed by atoms with van der Waals surface area (Å²) in [4.78, 5) is 21.3. The summed E-state index contributed by atoms with van der Waals surface area (Å²) >= 11 is 1.81. The number of piperazine rings is 1. The van der Waals surface area contributed by atoms with Crippen molar-refractivity contribution in [3.63, 3.8) is 0 Å². The lowest BCUT2D eigenvalue weighted by atomic mass is 9.96. The SMILES string of the molecule is FC(F)(F)c1ccc(CN2CCN(c3nc(-c4ccncc4)nc4sc5c(c34)CCCC5)CC2)cc1. The predicted molar refractivity (Wildman–Crippen MR) is 136 cm³/mol. The second kappa shape index (κ2) is 9.44. The highest BCUT2D eigenvalue weighted by atomic mass is 32.1. The van der Waals surface area contributed by atoms with E-state index in [1.54, 1.807) is 24.5 Å². The molecule has 0 saturated carbocycles. The topological polar surface area (TPSA) is 45.2 Å². The molecule has 1 aliphatic heterocycles. The smallest absolute Gasteiger partial charge is 0.353 e. The summed E-state index contributed by atoms with van der Waals surface area (Å²) in [5, 5.41) is 1.21. The first kappa shape index (κ1) is 23.4. The van der Waals surface area contributed by atoms with Crippen LogP contribution in [-0.2, 0) is 25.6 Å². The van der Waals surface area contributed by atoms with Gasteiger partial charge in [-0.3, -0.25) is 9.88 Å². The first-order valence-corrected chi connectivity index (χ1v) is 13.1. The zero-order valence-corrected chi connectivity index (χ0v) is 20.6.